The molecule has 1 aliphatic heterocycles. The zero-order valence-electron chi connectivity index (χ0n) is 22.7. The number of carbonyl (C=O) groups is 3. The van der Waals surface area contributed by atoms with E-state index in [-0.39, 0.29) is 36.4 Å². The summed E-state index contributed by atoms with van der Waals surface area (Å²) in [6, 6.07) is 12.1. The van der Waals surface area contributed by atoms with Crippen molar-refractivity contribution in [3.8, 4) is 11.5 Å². The number of aromatic hydroxyl groups is 1. The second-order valence-electron chi connectivity index (χ2n) is 10.1. The molecule has 1 aliphatic rings. The standard InChI is InChI=1S/C29H41N5O5/c1-19(2)26-29(38)33-23(13-14-30)27(36)32-15-5-7-21-6-3-4-8-25(21)39-17-16-31-24(28(37)34-26)18-20-9-11-22(35)12-10-20/h3-4,6,8-12,19,23-24,26,31,35H,5,7,13-18,30H2,1-2H3,(H,32,36)(H,33,38)(H,34,37)/t23-,24+,26+/m0/s1. The first kappa shape index (κ1) is 29.9. The van der Waals surface area contributed by atoms with E-state index in [0.29, 0.717) is 39.0 Å². The number of ether oxygens (including phenoxy) is 1. The summed E-state index contributed by atoms with van der Waals surface area (Å²) < 4.78 is 6.04. The maximum absolute atomic E-state index is 13.5. The third-order valence-corrected chi connectivity index (χ3v) is 6.67. The Labute approximate surface area is 230 Å². The Morgan fingerprint density at radius 3 is 2.41 bits per heavy atom. The molecule has 3 amide bonds. The van der Waals surface area contributed by atoms with Crippen LogP contribution < -0.4 is 31.7 Å². The van der Waals surface area contributed by atoms with E-state index < -0.39 is 24.0 Å². The molecular weight excluding hydrogens is 498 g/mol. The Morgan fingerprint density at radius 2 is 1.69 bits per heavy atom. The summed E-state index contributed by atoms with van der Waals surface area (Å²) in [4.78, 5) is 39.6. The maximum Gasteiger partial charge on any atom is 0.243 e. The van der Waals surface area contributed by atoms with Crippen LogP contribution in [0.5, 0.6) is 11.5 Å². The highest BCUT2D eigenvalue weighted by Crippen LogP contribution is 2.19. The third-order valence-electron chi connectivity index (χ3n) is 6.67. The minimum atomic E-state index is -0.850. The first-order valence-corrected chi connectivity index (χ1v) is 13.6. The molecule has 0 spiro atoms. The van der Waals surface area contributed by atoms with Crippen molar-refractivity contribution in [2.75, 3.05) is 26.2 Å². The van der Waals surface area contributed by atoms with Crippen LogP contribution in [0.1, 0.15) is 37.8 Å². The van der Waals surface area contributed by atoms with Crippen LogP contribution in [0.15, 0.2) is 48.5 Å². The lowest BCUT2D eigenvalue weighted by molar-refractivity contribution is -0.133. The monoisotopic (exact) mass is 539 g/mol. The summed E-state index contributed by atoms with van der Waals surface area (Å²) >= 11 is 0. The molecule has 2 aromatic carbocycles. The molecule has 3 atom stereocenters. The average molecular weight is 540 g/mol. The van der Waals surface area contributed by atoms with Crippen LogP contribution in [-0.2, 0) is 27.2 Å². The molecule has 0 fully saturated rings. The lowest BCUT2D eigenvalue weighted by Gasteiger charge is -2.27. The number of benzene rings is 2. The van der Waals surface area contributed by atoms with Gasteiger partial charge in [-0.25, -0.2) is 0 Å². The van der Waals surface area contributed by atoms with Crippen molar-refractivity contribution >= 4 is 17.7 Å². The quantitative estimate of drug-likeness (QED) is 0.331. The lowest BCUT2D eigenvalue weighted by Crippen LogP contribution is -2.58. The molecule has 212 valence electrons. The van der Waals surface area contributed by atoms with Gasteiger partial charge in [0.15, 0.2) is 0 Å². The van der Waals surface area contributed by atoms with Gasteiger partial charge in [-0.15, -0.1) is 0 Å². The highest BCUT2D eigenvalue weighted by Gasteiger charge is 2.30. The molecule has 0 saturated carbocycles. The molecular formula is C29H41N5O5. The van der Waals surface area contributed by atoms with Crippen LogP contribution in [0.4, 0.5) is 0 Å². The third kappa shape index (κ3) is 9.26. The van der Waals surface area contributed by atoms with Gasteiger partial charge in [-0.2, -0.15) is 0 Å². The smallest absolute Gasteiger partial charge is 0.243 e. The van der Waals surface area contributed by atoms with Crippen molar-refractivity contribution in [2.24, 2.45) is 11.7 Å². The fraction of sp³-hybridized carbons (Fsp3) is 0.483. The second-order valence-corrected chi connectivity index (χ2v) is 10.1. The van der Waals surface area contributed by atoms with Crippen molar-refractivity contribution in [2.45, 2.75) is 57.7 Å². The maximum atomic E-state index is 13.5. The van der Waals surface area contributed by atoms with E-state index in [9.17, 15) is 19.5 Å². The van der Waals surface area contributed by atoms with Gasteiger partial charge in [0.1, 0.15) is 30.2 Å². The summed E-state index contributed by atoms with van der Waals surface area (Å²) in [6.07, 6.45) is 2.03. The molecule has 3 rings (SSSR count). The summed E-state index contributed by atoms with van der Waals surface area (Å²) in [5, 5.41) is 21.5. The van der Waals surface area contributed by atoms with Crippen molar-refractivity contribution in [1.82, 2.24) is 21.3 Å². The van der Waals surface area contributed by atoms with Crippen LogP contribution in [0.2, 0.25) is 0 Å². The number of carbonyl (C=O) groups excluding carboxylic acids is 3. The van der Waals surface area contributed by atoms with Gasteiger partial charge in [-0.3, -0.25) is 14.4 Å². The Kier molecular flexibility index (Phi) is 11.6. The number of phenols is 1. The summed E-state index contributed by atoms with van der Waals surface area (Å²) in [5.41, 5.74) is 7.60. The summed E-state index contributed by atoms with van der Waals surface area (Å²) in [5.74, 6) is -0.414. The van der Waals surface area contributed by atoms with E-state index in [1.165, 1.54) is 0 Å². The molecule has 0 saturated heterocycles. The molecule has 39 heavy (non-hydrogen) atoms. The van der Waals surface area contributed by atoms with E-state index in [0.717, 1.165) is 16.9 Å². The first-order valence-electron chi connectivity index (χ1n) is 13.6. The molecule has 2 aromatic rings. The Morgan fingerprint density at radius 1 is 0.949 bits per heavy atom. The van der Waals surface area contributed by atoms with E-state index in [4.69, 9.17) is 10.5 Å². The van der Waals surface area contributed by atoms with E-state index in [1.54, 1.807) is 24.3 Å². The molecule has 0 aliphatic carbocycles. The Balaban J connectivity index is 1.85. The SMILES string of the molecule is CC(C)[C@H]1NC(=O)[C@@H](Cc2ccc(O)cc2)NCCOc2ccccc2CCCNC(=O)[C@H](CCN)NC1=O. The van der Waals surface area contributed by atoms with Gasteiger partial charge in [-0.1, -0.05) is 44.2 Å². The molecule has 0 radical (unpaired) electrons. The highest BCUT2D eigenvalue weighted by molar-refractivity contribution is 5.93. The number of para-hydroxylation sites is 1. The van der Waals surface area contributed by atoms with Crippen LogP contribution in [0.25, 0.3) is 0 Å². The van der Waals surface area contributed by atoms with Gasteiger partial charge in [0.25, 0.3) is 0 Å². The van der Waals surface area contributed by atoms with Crippen LogP contribution in [0.3, 0.4) is 0 Å². The zero-order chi connectivity index (χ0) is 28.2. The number of phenolic OH excluding ortho intramolecular Hbond substituents is 1. The number of fused-ring (bicyclic) bond motifs is 1. The number of hydrogen-bond acceptors (Lipinski definition) is 7. The van der Waals surface area contributed by atoms with Gasteiger partial charge < -0.3 is 36.8 Å². The Bertz CT molecular complexity index is 1090. The number of nitrogens with two attached hydrogens (primary N) is 1. The molecule has 0 bridgehead atoms. The molecule has 7 N–H and O–H groups in total. The second kappa shape index (κ2) is 15.1. The van der Waals surface area contributed by atoms with Crippen LogP contribution >= 0.6 is 0 Å². The number of amides is 3. The molecule has 0 aromatic heterocycles. The van der Waals surface area contributed by atoms with Crippen molar-refractivity contribution < 1.29 is 24.2 Å². The molecule has 10 nitrogen and oxygen atoms in total. The van der Waals surface area contributed by atoms with Crippen LogP contribution in [-0.4, -0.2) is 67.2 Å². The molecule has 0 unspecified atom stereocenters. The topological polar surface area (TPSA) is 155 Å². The van der Waals surface area contributed by atoms with E-state index in [1.807, 2.05) is 38.1 Å². The van der Waals surface area contributed by atoms with Crippen molar-refractivity contribution in [3.05, 3.63) is 59.7 Å². The summed E-state index contributed by atoms with van der Waals surface area (Å²) in [7, 11) is 0. The van der Waals surface area contributed by atoms with Crippen molar-refractivity contribution in [3.63, 3.8) is 0 Å². The predicted molar refractivity (Wildman–Crippen MR) is 149 cm³/mol. The van der Waals surface area contributed by atoms with Crippen molar-refractivity contribution in [1.29, 1.82) is 0 Å². The predicted octanol–water partition coefficient (Wildman–Crippen LogP) is 1.01. The number of aryl methyl sites for hydroxylation is 1. The minimum absolute atomic E-state index is 0.139. The fourth-order valence-electron chi connectivity index (χ4n) is 4.47. The van der Waals surface area contributed by atoms with E-state index >= 15 is 0 Å². The van der Waals surface area contributed by atoms with Gasteiger partial charge in [0, 0.05) is 13.1 Å². The minimum Gasteiger partial charge on any atom is -0.508 e. The normalized spacial score (nSPS) is 21.9. The Hall–Kier alpha value is -3.63. The van der Waals surface area contributed by atoms with Gasteiger partial charge in [0.2, 0.25) is 17.7 Å². The zero-order valence-corrected chi connectivity index (χ0v) is 22.7. The number of hydrogen-bond donors (Lipinski definition) is 6. The van der Waals surface area contributed by atoms with Gasteiger partial charge in [-0.05, 0) is 67.5 Å². The first-order chi connectivity index (χ1) is 18.8. The average Bonchev–Trinajstić information content (AvgIpc) is 2.91. The van der Waals surface area contributed by atoms with Crippen LogP contribution in [0, 0.1) is 5.92 Å². The van der Waals surface area contributed by atoms with E-state index in [2.05, 4.69) is 21.3 Å². The number of nitrogens with one attached hydrogen (secondary N) is 4. The number of rotatable bonds is 5. The fourth-order valence-corrected chi connectivity index (χ4v) is 4.47. The summed E-state index contributed by atoms with van der Waals surface area (Å²) in [6.45, 7) is 5.07. The highest BCUT2D eigenvalue weighted by atomic mass is 16.5. The largest absolute Gasteiger partial charge is 0.508 e. The molecule has 10 heteroatoms. The van der Waals surface area contributed by atoms with Gasteiger partial charge in [0.05, 0.1) is 6.04 Å². The van der Waals surface area contributed by atoms with Gasteiger partial charge >= 0.3 is 0 Å². The lowest BCUT2D eigenvalue weighted by atomic mass is 10.00. The molecule has 1 heterocycles.